The number of hydrogen-bond acceptors (Lipinski definition) is 4. The van der Waals surface area contributed by atoms with Gasteiger partial charge in [0.1, 0.15) is 17.1 Å². The van der Waals surface area contributed by atoms with E-state index in [4.69, 9.17) is 13.9 Å². The largest absolute Gasteiger partial charge is 0.494 e. The minimum Gasteiger partial charge on any atom is -0.494 e. The summed E-state index contributed by atoms with van der Waals surface area (Å²) in [6, 6.07) is 22.3. The molecule has 0 aliphatic rings. The van der Waals surface area contributed by atoms with Gasteiger partial charge in [0, 0.05) is 34.7 Å². The summed E-state index contributed by atoms with van der Waals surface area (Å²) in [7, 11) is 0. The average molecular weight is 498 g/mol. The van der Waals surface area contributed by atoms with E-state index in [2.05, 4.69) is 17.4 Å². The van der Waals surface area contributed by atoms with E-state index in [1.54, 1.807) is 12.3 Å². The molecule has 0 radical (unpaired) electrons. The van der Waals surface area contributed by atoms with Gasteiger partial charge in [-0.2, -0.15) is 0 Å². The van der Waals surface area contributed by atoms with Crippen LogP contribution in [0.2, 0.25) is 0 Å². The minimum absolute atomic E-state index is 0.0609. The SMILES string of the molecule is CCOc1ccc(-c2coc3cc(OCC)c(/C(C)=C/C(=O)NC(C)CCc4ccccc4)cc23)cc1. The molecule has 1 atom stereocenters. The van der Waals surface area contributed by atoms with Gasteiger partial charge >= 0.3 is 0 Å². The molecule has 1 amide bonds. The number of aryl methyl sites for hydroxylation is 1. The molecule has 4 aromatic rings. The lowest BCUT2D eigenvalue weighted by Crippen LogP contribution is -2.31. The molecule has 0 spiro atoms. The summed E-state index contributed by atoms with van der Waals surface area (Å²) in [4.78, 5) is 12.8. The zero-order valence-corrected chi connectivity index (χ0v) is 22.0. The topological polar surface area (TPSA) is 60.7 Å². The molecule has 3 aromatic carbocycles. The van der Waals surface area contributed by atoms with Gasteiger partial charge in [-0.05, 0) is 75.4 Å². The number of carbonyl (C=O) groups excluding carboxylic acids is 1. The number of carbonyl (C=O) groups is 1. The first-order valence-electron chi connectivity index (χ1n) is 12.9. The average Bonchev–Trinajstić information content (AvgIpc) is 3.31. The zero-order chi connectivity index (χ0) is 26.2. The second-order valence-electron chi connectivity index (χ2n) is 9.15. The Hall–Kier alpha value is -3.99. The molecule has 5 heteroatoms. The van der Waals surface area contributed by atoms with Crippen LogP contribution < -0.4 is 14.8 Å². The fourth-order valence-corrected chi connectivity index (χ4v) is 4.42. The van der Waals surface area contributed by atoms with Crippen molar-refractivity contribution in [2.24, 2.45) is 0 Å². The third kappa shape index (κ3) is 6.62. The molecule has 0 aliphatic carbocycles. The van der Waals surface area contributed by atoms with Gasteiger partial charge in [-0.25, -0.2) is 0 Å². The monoisotopic (exact) mass is 497 g/mol. The molecule has 1 heterocycles. The lowest BCUT2D eigenvalue weighted by Gasteiger charge is -2.14. The summed E-state index contributed by atoms with van der Waals surface area (Å²) in [6.07, 6.45) is 5.21. The van der Waals surface area contributed by atoms with Crippen molar-refractivity contribution in [1.29, 1.82) is 0 Å². The van der Waals surface area contributed by atoms with Gasteiger partial charge < -0.3 is 19.2 Å². The number of fused-ring (bicyclic) bond motifs is 1. The van der Waals surface area contributed by atoms with Crippen LogP contribution in [0.5, 0.6) is 11.5 Å². The number of nitrogens with one attached hydrogen (secondary N) is 1. The molecule has 0 saturated carbocycles. The van der Waals surface area contributed by atoms with Crippen LogP contribution in [0.4, 0.5) is 0 Å². The Morgan fingerprint density at radius 1 is 1.00 bits per heavy atom. The van der Waals surface area contributed by atoms with Crippen LogP contribution in [0, 0.1) is 0 Å². The summed E-state index contributed by atoms with van der Waals surface area (Å²) in [5.74, 6) is 1.42. The van der Waals surface area contributed by atoms with E-state index >= 15 is 0 Å². The highest BCUT2D eigenvalue weighted by molar-refractivity contribution is 6.00. The van der Waals surface area contributed by atoms with Gasteiger partial charge in [0.2, 0.25) is 5.91 Å². The Morgan fingerprint density at radius 3 is 2.43 bits per heavy atom. The van der Waals surface area contributed by atoms with Crippen molar-refractivity contribution in [3.8, 4) is 22.6 Å². The fraction of sp³-hybridized carbons (Fsp3) is 0.281. The first-order chi connectivity index (χ1) is 18.0. The molecular formula is C32H35NO4. The van der Waals surface area contributed by atoms with E-state index in [9.17, 15) is 4.79 Å². The number of rotatable bonds is 11. The highest BCUT2D eigenvalue weighted by Gasteiger charge is 2.16. The predicted octanol–water partition coefficient (Wildman–Crippen LogP) is 7.44. The first-order valence-corrected chi connectivity index (χ1v) is 12.9. The summed E-state index contributed by atoms with van der Waals surface area (Å²) >= 11 is 0. The maximum absolute atomic E-state index is 12.8. The Labute approximate surface area is 219 Å². The molecule has 5 nitrogen and oxygen atoms in total. The van der Waals surface area contributed by atoms with Crippen molar-refractivity contribution in [3.63, 3.8) is 0 Å². The third-order valence-corrected chi connectivity index (χ3v) is 6.32. The molecule has 1 aromatic heterocycles. The molecule has 0 fully saturated rings. The lowest BCUT2D eigenvalue weighted by molar-refractivity contribution is -0.117. The van der Waals surface area contributed by atoms with Gasteiger partial charge in [0.25, 0.3) is 0 Å². The van der Waals surface area contributed by atoms with Crippen LogP contribution in [0.3, 0.4) is 0 Å². The number of ether oxygens (including phenoxy) is 2. The van der Waals surface area contributed by atoms with Crippen LogP contribution in [-0.2, 0) is 11.2 Å². The summed E-state index contributed by atoms with van der Waals surface area (Å²) < 4.78 is 17.4. The van der Waals surface area contributed by atoms with Crippen LogP contribution in [0.15, 0.2) is 83.5 Å². The van der Waals surface area contributed by atoms with Crippen LogP contribution in [0.25, 0.3) is 27.7 Å². The second kappa shape index (κ2) is 12.3. The van der Waals surface area contributed by atoms with Gasteiger partial charge in [-0.1, -0.05) is 42.5 Å². The van der Waals surface area contributed by atoms with Gasteiger partial charge in [-0.3, -0.25) is 4.79 Å². The molecule has 1 unspecified atom stereocenters. The lowest BCUT2D eigenvalue weighted by atomic mass is 9.99. The van der Waals surface area contributed by atoms with Gasteiger partial charge in [0.15, 0.2) is 0 Å². The zero-order valence-electron chi connectivity index (χ0n) is 22.0. The summed E-state index contributed by atoms with van der Waals surface area (Å²) in [5.41, 5.74) is 5.72. The van der Waals surface area contributed by atoms with Crippen molar-refractivity contribution in [1.82, 2.24) is 5.32 Å². The second-order valence-corrected chi connectivity index (χ2v) is 9.15. The van der Waals surface area contributed by atoms with Crippen LogP contribution in [0.1, 0.15) is 45.2 Å². The van der Waals surface area contributed by atoms with Crippen LogP contribution in [-0.4, -0.2) is 25.2 Å². The van der Waals surface area contributed by atoms with E-state index in [1.165, 1.54) is 5.56 Å². The van der Waals surface area contributed by atoms with E-state index in [0.29, 0.717) is 19.0 Å². The highest BCUT2D eigenvalue weighted by atomic mass is 16.5. The Bertz CT molecular complexity index is 1350. The van der Waals surface area contributed by atoms with Crippen molar-refractivity contribution in [2.75, 3.05) is 13.2 Å². The standard InChI is InChI=1S/C32H35NO4/c1-5-35-26-16-14-25(15-17-26)29-21-37-31-20-30(36-6-2)27(19-28(29)31)22(3)18-32(34)33-23(4)12-13-24-10-8-7-9-11-24/h7-11,14-21,23H,5-6,12-13H2,1-4H3,(H,33,34)/b22-18+. The van der Waals surface area contributed by atoms with Crippen molar-refractivity contribution >= 4 is 22.4 Å². The molecule has 0 saturated heterocycles. The van der Waals surface area contributed by atoms with Crippen molar-refractivity contribution in [3.05, 3.63) is 90.2 Å². The molecule has 4 rings (SSSR count). The highest BCUT2D eigenvalue weighted by Crippen LogP contribution is 2.38. The van der Waals surface area contributed by atoms with E-state index in [1.807, 2.05) is 82.3 Å². The van der Waals surface area contributed by atoms with E-state index in [-0.39, 0.29) is 11.9 Å². The number of allylic oxidation sites excluding steroid dienone is 1. The van der Waals surface area contributed by atoms with E-state index < -0.39 is 0 Å². The maximum atomic E-state index is 12.8. The smallest absolute Gasteiger partial charge is 0.244 e. The Morgan fingerprint density at radius 2 is 1.73 bits per heavy atom. The quantitative estimate of drug-likeness (QED) is 0.219. The van der Waals surface area contributed by atoms with Gasteiger partial charge in [0.05, 0.1) is 19.5 Å². The molecule has 1 N–H and O–H groups in total. The molecule has 0 bridgehead atoms. The first kappa shape index (κ1) is 26.1. The fourth-order valence-electron chi connectivity index (χ4n) is 4.42. The van der Waals surface area contributed by atoms with E-state index in [0.717, 1.165) is 51.8 Å². The predicted molar refractivity (Wildman–Crippen MR) is 150 cm³/mol. The number of benzene rings is 3. The summed E-state index contributed by atoms with van der Waals surface area (Å²) in [5, 5.41) is 4.07. The number of hydrogen-bond donors (Lipinski definition) is 1. The third-order valence-electron chi connectivity index (χ3n) is 6.32. The minimum atomic E-state index is -0.112. The van der Waals surface area contributed by atoms with Gasteiger partial charge in [-0.15, -0.1) is 0 Å². The Kier molecular flexibility index (Phi) is 8.68. The van der Waals surface area contributed by atoms with Crippen LogP contribution >= 0.6 is 0 Å². The number of furan rings is 1. The number of amides is 1. The summed E-state index contributed by atoms with van der Waals surface area (Å²) in [6.45, 7) is 9.03. The van der Waals surface area contributed by atoms with Crippen molar-refractivity contribution in [2.45, 2.75) is 46.6 Å². The Balaban J connectivity index is 1.55. The molecule has 192 valence electrons. The maximum Gasteiger partial charge on any atom is 0.244 e. The normalized spacial score (nSPS) is 12.4. The molecule has 0 aliphatic heterocycles. The molecule has 37 heavy (non-hydrogen) atoms. The van der Waals surface area contributed by atoms with Crippen molar-refractivity contribution < 1.29 is 18.7 Å². The molecular weight excluding hydrogens is 462 g/mol.